The summed E-state index contributed by atoms with van der Waals surface area (Å²) >= 11 is 0. The van der Waals surface area contributed by atoms with E-state index in [9.17, 15) is 9.59 Å². The lowest BCUT2D eigenvalue weighted by Gasteiger charge is -2.29. The molecule has 6 heteroatoms. The zero-order valence-electron chi connectivity index (χ0n) is 26.8. The van der Waals surface area contributed by atoms with Crippen LogP contribution in [0.2, 0.25) is 0 Å². The highest BCUT2D eigenvalue weighted by atomic mass is 16.7. The Morgan fingerprint density at radius 2 is 0.909 bits per heavy atom. The molecule has 6 nitrogen and oxygen atoms in total. The Bertz CT molecular complexity index is 1190. The molecule has 0 saturated carbocycles. The molecule has 44 heavy (non-hydrogen) atoms. The number of aryl methyl sites for hydroxylation is 2. The number of carbonyl (C=O) groups excluding carboxylic acids is 2. The van der Waals surface area contributed by atoms with E-state index < -0.39 is 12.3 Å². The van der Waals surface area contributed by atoms with E-state index in [1.54, 1.807) is 0 Å². The normalized spacial score (nSPS) is 14.1. The van der Waals surface area contributed by atoms with E-state index >= 15 is 0 Å². The summed E-state index contributed by atoms with van der Waals surface area (Å²) in [5.74, 6) is 1.09. The zero-order chi connectivity index (χ0) is 31.0. The Morgan fingerprint density at radius 3 is 1.34 bits per heavy atom. The molecule has 0 radical (unpaired) electrons. The van der Waals surface area contributed by atoms with Gasteiger partial charge >= 0.3 is 12.3 Å². The summed E-state index contributed by atoms with van der Waals surface area (Å²) in [7, 11) is 0. The summed E-state index contributed by atoms with van der Waals surface area (Å²) in [6.07, 6.45) is 14.5. The molecule has 0 N–H and O–H groups in total. The molecule has 0 fully saturated rings. The Kier molecular flexibility index (Phi) is 13.9. The number of hydrogen-bond acceptors (Lipinski definition) is 6. The van der Waals surface area contributed by atoms with Crippen LogP contribution in [0.25, 0.3) is 11.1 Å². The monoisotopic (exact) mass is 602 g/mol. The van der Waals surface area contributed by atoms with Crippen molar-refractivity contribution < 1.29 is 28.5 Å². The fourth-order valence-corrected chi connectivity index (χ4v) is 6.10. The molecule has 0 amide bonds. The maximum absolute atomic E-state index is 12.9. The highest BCUT2D eigenvalue weighted by Crippen LogP contribution is 2.46. The first-order valence-electron chi connectivity index (χ1n) is 16.9. The van der Waals surface area contributed by atoms with Gasteiger partial charge in [0.25, 0.3) is 0 Å². The first kappa shape index (κ1) is 33.4. The topological polar surface area (TPSA) is 71.1 Å². The second-order valence-corrected chi connectivity index (χ2v) is 11.8. The minimum absolute atomic E-state index is 0.342. The van der Waals surface area contributed by atoms with Gasteiger partial charge in [-0.15, -0.1) is 0 Å². The van der Waals surface area contributed by atoms with E-state index in [2.05, 4.69) is 26.0 Å². The van der Waals surface area contributed by atoms with Crippen LogP contribution in [0.5, 0.6) is 0 Å². The molecule has 238 valence electrons. The van der Waals surface area contributed by atoms with Crippen LogP contribution < -0.4 is 0 Å². The molecule has 2 aromatic carbocycles. The molecule has 2 aliphatic rings. The molecule has 2 aromatic rings. The minimum atomic E-state index is -0.684. The third-order valence-corrected chi connectivity index (χ3v) is 8.47. The van der Waals surface area contributed by atoms with E-state index in [1.165, 1.54) is 38.5 Å². The lowest BCUT2D eigenvalue weighted by molar-refractivity contribution is 0.0720. The first-order valence-corrected chi connectivity index (χ1v) is 16.9. The van der Waals surface area contributed by atoms with Gasteiger partial charge in [-0.2, -0.15) is 0 Å². The second-order valence-electron chi connectivity index (χ2n) is 11.8. The number of unbranched alkanes of at least 4 members (excludes halogenated alkanes) is 10. The molecular weight excluding hydrogens is 552 g/mol. The predicted molar refractivity (Wildman–Crippen MR) is 175 cm³/mol. The van der Waals surface area contributed by atoms with E-state index in [1.807, 2.05) is 36.4 Å². The molecule has 0 spiro atoms. The molecule has 0 unspecified atom stereocenters. The number of allylic oxidation sites excluding steroid dienone is 4. The molecule has 0 heterocycles. The van der Waals surface area contributed by atoms with E-state index in [0.717, 1.165) is 84.8 Å². The summed E-state index contributed by atoms with van der Waals surface area (Å²) in [6.45, 7) is 5.08. The SMILES string of the molecule is CCCCCCCCOC(=O)OC1=C(C2=C(OC(=O)OCCCCCCCC)CCc3ccccc32)c2ccccc2CC1. The van der Waals surface area contributed by atoms with Gasteiger partial charge in [-0.25, -0.2) is 9.59 Å². The summed E-state index contributed by atoms with van der Waals surface area (Å²) < 4.78 is 22.9. The zero-order valence-corrected chi connectivity index (χ0v) is 26.8. The van der Waals surface area contributed by atoms with E-state index in [0.29, 0.717) is 37.6 Å². The number of hydrogen-bond donors (Lipinski definition) is 0. The van der Waals surface area contributed by atoms with Crippen molar-refractivity contribution in [1.82, 2.24) is 0 Å². The summed E-state index contributed by atoms with van der Waals surface area (Å²) in [4.78, 5) is 25.8. The molecule has 0 bridgehead atoms. The van der Waals surface area contributed by atoms with Crippen LogP contribution >= 0.6 is 0 Å². The summed E-state index contributed by atoms with van der Waals surface area (Å²) in [5.41, 5.74) is 5.85. The van der Waals surface area contributed by atoms with Crippen LogP contribution in [0, 0.1) is 0 Å². The standard InChI is InChI=1S/C38H50O6/c1-3-5-7-9-11-17-27-41-37(39)43-33-25-23-29-19-13-15-21-31(29)35(33)36-32-22-16-14-20-30(32)24-26-34(36)44-38(40)42-28-18-12-10-8-6-4-2/h13-16,19-22H,3-12,17-18,23-28H2,1-2H3. The Labute approximate surface area is 263 Å². The predicted octanol–water partition coefficient (Wildman–Crippen LogP) is 10.7. The molecule has 0 aromatic heterocycles. The fourth-order valence-electron chi connectivity index (χ4n) is 6.10. The van der Waals surface area contributed by atoms with Crippen molar-refractivity contribution >= 4 is 23.5 Å². The highest BCUT2D eigenvalue weighted by Gasteiger charge is 2.32. The Balaban J connectivity index is 1.55. The quantitative estimate of drug-likeness (QED) is 0.132. The van der Waals surface area contributed by atoms with Crippen molar-refractivity contribution in [2.75, 3.05) is 13.2 Å². The number of ether oxygens (including phenoxy) is 4. The number of carbonyl (C=O) groups is 2. The van der Waals surface area contributed by atoms with Crippen LogP contribution in [0.15, 0.2) is 60.0 Å². The number of rotatable bonds is 17. The number of fused-ring (bicyclic) bond motifs is 2. The lowest BCUT2D eigenvalue weighted by atomic mass is 9.78. The summed E-state index contributed by atoms with van der Waals surface area (Å²) in [6, 6.07) is 16.3. The van der Waals surface area contributed by atoms with Gasteiger partial charge in [-0.1, -0.05) is 127 Å². The maximum Gasteiger partial charge on any atom is 0.513 e. The van der Waals surface area contributed by atoms with Gasteiger partial charge in [0.1, 0.15) is 11.5 Å². The largest absolute Gasteiger partial charge is 0.513 e. The van der Waals surface area contributed by atoms with Crippen molar-refractivity contribution in [2.24, 2.45) is 0 Å². The summed E-state index contributed by atoms with van der Waals surface area (Å²) in [5, 5.41) is 0. The average Bonchev–Trinajstić information content (AvgIpc) is 3.04. The van der Waals surface area contributed by atoms with Crippen LogP contribution in [-0.2, 0) is 31.8 Å². The van der Waals surface area contributed by atoms with Gasteiger partial charge in [0, 0.05) is 24.0 Å². The number of benzene rings is 2. The van der Waals surface area contributed by atoms with Crippen molar-refractivity contribution in [1.29, 1.82) is 0 Å². The third kappa shape index (κ3) is 9.73. The molecule has 0 atom stereocenters. The van der Waals surface area contributed by atoms with Crippen molar-refractivity contribution in [3.05, 3.63) is 82.3 Å². The van der Waals surface area contributed by atoms with Gasteiger partial charge in [-0.05, 0) is 47.9 Å². The third-order valence-electron chi connectivity index (χ3n) is 8.47. The Hall–Kier alpha value is -3.54. The van der Waals surface area contributed by atoms with Gasteiger partial charge in [0.15, 0.2) is 0 Å². The van der Waals surface area contributed by atoms with E-state index in [4.69, 9.17) is 18.9 Å². The molecule has 0 aliphatic heterocycles. The van der Waals surface area contributed by atoms with E-state index in [-0.39, 0.29) is 0 Å². The fraction of sp³-hybridized carbons (Fsp3) is 0.526. The van der Waals surface area contributed by atoms with Crippen LogP contribution in [0.3, 0.4) is 0 Å². The Morgan fingerprint density at radius 1 is 0.523 bits per heavy atom. The van der Waals surface area contributed by atoms with Crippen LogP contribution in [-0.4, -0.2) is 25.5 Å². The first-order chi connectivity index (χ1) is 21.6. The highest BCUT2D eigenvalue weighted by molar-refractivity contribution is 6.09. The molecule has 0 saturated heterocycles. The lowest BCUT2D eigenvalue weighted by Crippen LogP contribution is -2.18. The smallest absolute Gasteiger partial charge is 0.434 e. The van der Waals surface area contributed by atoms with Crippen LogP contribution in [0.1, 0.15) is 126 Å². The second kappa shape index (κ2) is 18.3. The molecule has 4 rings (SSSR count). The average molecular weight is 603 g/mol. The minimum Gasteiger partial charge on any atom is -0.434 e. The van der Waals surface area contributed by atoms with Gasteiger partial charge < -0.3 is 18.9 Å². The van der Waals surface area contributed by atoms with Crippen LogP contribution in [0.4, 0.5) is 9.59 Å². The molecule has 2 aliphatic carbocycles. The van der Waals surface area contributed by atoms with Crippen molar-refractivity contribution in [2.45, 2.75) is 117 Å². The molecular formula is C38H50O6. The van der Waals surface area contributed by atoms with Gasteiger partial charge in [0.2, 0.25) is 0 Å². The van der Waals surface area contributed by atoms with Gasteiger partial charge in [-0.3, -0.25) is 0 Å². The maximum atomic E-state index is 12.9. The van der Waals surface area contributed by atoms with Crippen molar-refractivity contribution in [3.8, 4) is 0 Å². The van der Waals surface area contributed by atoms with Gasteiger partial charge in [0.05, 0.1) is 13.2 Å². The van der Waals surface area contributed by atoms with Crippen molar-refractivity contribution in [3.63, 3.8) is 0 Å².